The standard InChI is InChI=1S/C12H18N4O/c17-12(9-16-6-1-5-13-16)15-7-4-10-2-3-11(8-15)14-10/h1,5-6,10-11,14H,2-4,7-9H2. The molecule has 1 aromatic heterocycles. The van der Waals surface area contributed by atoms with Gasteiger partial charge in [-0.3, -0.25) is 9.48 Å². The number of hydrogen-bond donors (Lipinski definition) is 1. The van der Waals surface area contributed by atoms with Gasteiger partial charge in [-0.15, -0.1) is 0 Å². The zero-order valence-corrected chi connectivity index (χ0v) is 9.88. The molecule has 0 saturated carbocycles. The highest BCUT2D eigenvalue weighted by Crippen LogP contribution is 2.20. The summed E-state index contributed by atoms with van der Waals surface area (Å²) in [5.41, 5.74) is 0. The number of carbonyl (C=O) groups excluding carboxylic acids is 1. The van der Waals surface area contributed by atoms with Gasteiger partial charge in [0.05, 0.1) is 0 Å². The minimum Gasteiger partial charge on any atom is -0.339 e. The monoisotopic (exact) mass is 234 g/mol. The van der Waals surface area contributed by atoms with E-state index >= 15 is 0 Å². The van der Waals surface area contributed by atoms with E-state index < -0.39 is 0 Å². The van der Waals surface area contributed by atoms with Crippen molar-refractivity contribution in [3.63, 3.8) is 0 Å². The predicted molar refractivity (Wildman–Crippen MR) is 63.4 cm³/mol. The first-order chi connectivity index (χ1) is 8.31. The van der Waals surface area contributed by atoms with E-state index in [4.69, 9.17) is 0 Å². The van der Waals surface area contributed by atoms with E-state index in [1.807, 2.05) is 17.2 Å². The number of amides is 1. The lowest BCUT2D eigenvalue weighted by atomic mass is 10.1. The number of likely N-dealkylation sites (tertiary alicyclic amines) is 1. The zero-order chi connectivity index (χ0) is 11.7. The number of hydrogen-bond acceptors (Lipinski definition) is 3. The third kappa shape index (κ3) is 2.34. The molecule has 5 heteroatoms. The smallest absolute Gasteiger partial charge is 0.244 e. The van der Waals surface area contributed by atoms with Crippen LogP contribution in [0.15, 0.2) is 18.5 Å². The van der Waals surface area contributed by atoms with Crippen LogP contribution in [0.4, 0.5) is 0 Å². The molecule has 17 heavy (non-hydrogen) atoms. The number of nitrogens with zero attached hydrogens (tertiary/aromatic N) is 3. The molecule has 2 atom stereocenters. The molecule has 2 saturated heterocycles. The van der Waals surface area contributed by atoms with Crippen molar-refractivity contribution in [3.05, 3.63) is 18.5 Å². The van der Waals surface area contributed by atoms with E-state index in [1.54, 1.807) is 10.9 Å². The van der Waals surface area contributed by atoms with Crippen LogP contribution < -0.4 is 5.32 Å². The normalized spacial score (nSPS) is 28.1. The fraction of sp³-hybridized carbons (Fsp3) is 0.667. The SMILES string of the molecule is O=C(Cn1cccn1)N1CCC2CCC(C1)N2. The molecular formula is C12H18N4O. The highest BCUT2D eigenvalue weighted by atomic mass is 16.2. The maximum atomic E-state index is 12.1. The molecule has 0 aliphatic carbocycles. The van der Waals surface area contributed by atoms with E-state index in [9.17, 15) is 4.79 Å². The Balaban J connectivity index is 1.62. The number of aromatic nitrogens is 2. The van der Waals surface area contributed by atoms with Crippen LogP contribution in [0.2, 0.25) is 0 Å². The summed E-state index contributed by atoms with van der Waals surface area (Å²) in [6.07, 6.45) is 7.10. The van der Waals surface area contributed by atoms with Gasteiger partial charge in [0.1, 0.15) is 6.54 Å². The van der Waals surface area contributed by atoms with E-state index in [0.717, 1.165) is 19.5 Å². The lowest BCUT2D eigenvalue weighted by Gasteiger charge is -2.24. The van der Waals surface area contributed by atoms with Gasteiger partial charge in [0.2, 0.25) is 5.91 Å². The molecule has 92 valence electrons. The molecule has 0 radical (unpaired) electrons. The van der Waals surface area contributed by atoms with E-state index in [0.29, 0.717) is 18.6 Å². The summed E-state index contributed by atoms with van der Waals surface area (Å²) >= 11 is 0. The third-order valence-electron chi connectivity index (χ3n) is 3.73. The van der Waals surface area contributed by atoms with Crippen LogP contribution >= 0.6 is 0 Å². The number of carbonyl (C=O) groups is 1. The van der Waals surface area contributed by atoms with E-state index in [1.165, 1.54) is 12.8 Å². The molecule has 2 bridgehead atoms. The predicted octanol–water partition coefficient (Wildman–Crippen LogP) is 0.236. The van der Waals surface area contributed by atoms with Crippen LogP contribution in [0.25, 0.3) is 0 Å². The number of nitrogens with one attached hydrogen (secondary N) is 1. The fourth-order valence-corrected chi connectivity index (χ4v) is 2.80. The lowest BCUT2D eigenvalue weighted by molar-refractivity contribution is -0.132. The Morgan fingerprint density at radius 1 is 1.35 bits per heavy atom. The minimum atomic E-state index is 0.183. The largest absolute Gasteiger partial charge is 0.339 e. The molecule has 0 spiro atoms. The first kappa shape index (κ1) is 10.8. The van der Waals surface area contributed by atoms with Crippen LogP contribution in [-0.4, -0.2) is 45.8 Å². The maximum absolute atomic E-state index is 12.1. The van der Waals surface area contributed by atoms with Crippen LogP contribution in [0.3, 0.4) is 0 Å². The second-order valence-corrected chi connectivity index (χ2v) is 4.97. The number of rotatable bonds is 2. The Kier molecular flexibility index (Phi) is 2.84. The summed E-state index contributed by atoms with van der Waals surface area (Å²) in [6.45, 7) is 2.11. The molecule has 2 aliphatic heterocycles. The molecule has 1 amide bonds. The van der Waals surface area contributed by atoms with Crippen LogP contribution in [0.1, 0.15) is 19.3 Å². The zero-order valence-electron chi connectivity index (χ0n) is 9.88. The van der Waals surface area contributed by atoms with Crippen molar-refractivity contribution in [2.45, 2.75) is 37.9 Å². The third-order valence-corrected chi connectivity index (χ3v) is 3.73. The van der Waals surface area contributed by atoms with Gasteiger partial charge < -0.3 is 10.2 Å². The average Bonchev–Trinajstić information content (AvgIpc) is 2.88. The molecule has 3 heterocycles. The summed E-state index contributed by atoms with van der Waals surface area (Å²) in [7, 11) is 0. The molecule has 5 nitrogen and oxygen atoms in total. The Bertz CT molecular complexity index is 389. The molecule has 2 fully saturated rings. The Hall–Kier alpha value is -1.36. The van der Waals surface area contributed by atoms with Crippen molar-refractivity contribution in [2.75, 3.05) is 13.1 Å². The first-order valence-corrected chi connectivity index (χ1v) is 6.32. The van der Waals surface area contributed by atoms with Gasteiger partial charge in [0.25, 0.3) is 0 Å². The van der Waals surface area contributed by atoms with Crippen LogP contribution in [0.5, 0.6) is 0 Å². The topological polar surface area (TPSA) is 50.2 Å². The maximum Gasteiger partial charge on any atom is 0.244 e. The summed E-state index contributed by atoms with van der Waals surface area (Å²) in [6, 6.07) is 2.98. The van der Waals surface area contributed by atoms with Gasteiger partial charge in [0, 0.05) is 37.6 Å². The Morgan fingerprint density at radius 3 is 3.06 bits per heavy atom. The summed E-state index contributed by atoms with van der Waals surface area (Å²) < 4.78 is 1.69. The van der Waals surface area contributed by atoms with Gasteiger partial charge in [0.15, 0.2) is 0 Å². The minimum absolute atomic E-state index is 0.183. The molecule has 3 rings (SSSR count). The van der Waals surface area contributed by atoms with Crippen molar-refractivity contribution in [2.24, 2.45) is 0 Å². The molecule has 1 N–H and O–H groups in total. The second kappa shape index (κ2) is 4.49. The van der Waals surface area contributed by atoms with Crippen molar-refractivity contribution in [1.29, 1.82) is 0 Å². The summed E-state index contributed by atoms with van der Waals surface area (Å²) in [5.74, 6) is 0.183. The molecular weight excluding hydrogens is 216 g/mol. The Labute approximate surface area is 101 Å². The van der Waals surface area contributed by atoms with Gasteiger partial charge in [-0.2, -0.15) is 5.10 Å². The fourth-order valence-electron chi connectivity index (χ4n) is 2.80. The number of fused-ring (bicyclic) bond motifs is 2. The van der Waals surface area contributed by atoms with Gasteiger partial charge >= 0.3 is 0 Å². The van der Waals surface area contributed by atoms with Crippen LogP contribution in [0, 0.1) is 0 Å². The van der Waals surface area contributed by atoms with E-state index in [2.05, 4.69) is 10.4 Å². The van der Waals surface area contributed by atoms with Crippen molar-refractivity contribution < 1.29 is 4.79 Å². The summed E-state index contributed by atoms with van der Waals surface area (Å²) in [4.78, 5) is 14.1. The van der Waals surface area contributed by atoms with Gasteiger partial charge in [-0.05, 0) is 25.3 Å². The lowest BCUT2D eigenvalue weighted by Crippen LogP contribution is -2.40. The quantitative estimate of drug-likeness (QED) is 0.797. The highest BCUT2D eigenvalue weighted by molar-refractivity contribution is 5.76. The average molecular weight is 234 g/mol. The molecule has 1 aromatic rings. The molecule has 0 aromatic carbocycles. The second-order valence-electron chi connectivity index (χ2n) is 4.97. The van der Waals surface area contributed by atoms with Crippen molar-refractivity contribution >= 4 is 5.91 Å². The van der Waals surface area contributed by atoms with Gasteiger partial charge in [-0.25, -0.2) is 0 Å². The van der Waals surface area contributed by atoms with E-state index in [-0.39, 0.29) is 5.91 Å². The Morgan fingerprint density at radius 2 is 2.24 bits per heavy atom. The van der Waals surface area contributed by atoms with Gasteiger partial charge in [-0.1, -0.05) is 0 Å². The first-order valence-electron chi connectivity index (χ1n) is 6.32. The summed E-state index contributed by atoms with van der Waals surface area (Å²) in [5, 5.41) is 7.66. The highest BCUT2D eigenvalue weighted by Gasteiger charge is 2.30. The van der Waals surface area contributed by atoms with Crippen LogP contribution in [-0.2, 0) is 11.3 Å². The molecule has 2 unspecified atom stereocenters. The van der Waals surface area contributed by atoms with Crippen molar-refractivity contribution in [3.8, 4) is 0 Å². The molecule has 2 aliphatic rings. The van der Waals surface area contributed by atoms with Crippen molar-refractivity contribution in [1.82, 2.24) is 20.0 Å².